The van der Waals surface area contributed by atoms with Crippen molar-refractivity contribution in [2.75, 3.05) is 54.7 Å². The van der Waals surface area contributed by atoms with Crippen LogP contribution in [0.4, 0.5) is 0 Å². The van der Waals surface area contributed by atoms with Crippen LogP contribution in [0.5, 0.6) is 17.2 Å². The molecule has 3 rings (SSSR count). The highest BCUT2D eigenvalue weighted by atomic mass is 127. The predicted octanol–water partition coefficient (Wildman–Crippen LogP) is 3.46. The van der Waals surface area contributed by atoms with Gasteiger partial charge in [0.25, 0.3) is 0 Å². The SMILES string of the molecule is CN=C(NCc1ccc(OC)c(OC)c1OC)N1CCC(OCC2CCCCO2)CC1.I. The second-order valence-corrected chi connectivity index (χ2v) is 7.90. The number of ether oxygens (including phenoxy) is 5. The first kappa shape index (κ1) is 26.8. The summed E-state index contributed by atoms with van der Waals surface area (Å²) >= 11 is 0. The minimum absolute atomic E-state index is 0. The van der Waals surface area contributed by atoms with Crippen molar-refractivity contribution >= 4 is 29.9 Å². The molecule has 1 atom stereocenters. The summed E-state index contributed by atoms with van der Waals surface area (Å²) in [5, 5.41) is 3.46. The lowest BCUT2D eigenvalue weighted by atomic mass is 10.1. The molecule has 2 fully saturated rings. The number of nitrogens with zero attached hydrogens (tertiary/aromatic N) is 2. The molecule has 0 aliphatic carbocycles. The van der Waals surface area contributed by atoms with E-state index in [1.54, 1.807) is 21.3 Å². The van der Waals surface area contributed by atoms with Gasteiger partial charge in [-0.15, -0.1) is 24.0 Å². The van der Waals surface area contributed by atoms with E-state index >= 15 is 0 Å². The maximum absolute atomic E-state index is 6.14. The molecule has 0 bridgehead atoms. The van der Waals surface area contributed by atoms with Crippen LogP contribution in [-0.4, -0.2) is 77.7 Å². The Morgan fingerprint density at radius 2 is 1.81 bits per heavy atom. The highest BCUT2D eigenvalue weighted by molar-refractivity contribution is 14.0. The third-order valence-electron chi connectivity index (χ3n) is 5.97. The first-order valence-corrected chi connectivity index (χ1v) is 11.2. The van der Waals surface area contributed by atoms with E-state index in [0.29, 0.717) is 29.9 Å². The predicted molar refractivity (Wildman–Crippen MR) is 136 cm³/mol. The van der Waals surface area contributed by atoms with Gasteiger partial charge in [0.1, 0.15) is 0 Å². The molecule has 0 amide bonds. The summed E-state index contributed by atoms with van der Waals surface area (Å²) in [4.78, 5) is 6.76. The van der Waals surface area contributed by atoms with E-state index in [-0.39, 0.29) is 30.1 Å². The van der Waals surface area contributed by atoms with Crippen LogP contribution in [0, 0.1) is 0 Å². The molecule has 2 saturated heterocycles. The fourth-order valence-electron chi connectivity index (χ4n) is 4.23. The maximum Gasteiger partial charge on any atom is 0.203 e. The van der Waals surface area contributed by atoms with Crippen LogP contribution < -0.4 is 19.5 Å². The van der Waals surface area contributed by atoms with Crippen molar-refractivity contribution in [2.45, 2.75) is 50.9 Å². The molecule has 2 heterocycles. The number of methoxy groups -OCH3 is 3. The third kappa shape index (κ3) is 7.02. The van der Waals surface area contributed by atoms with E-state index in [0.717, 1.165) is 57.1 Å². The van der Waals surface area contributed by atoms with Crippen LogP contribution in [0.2, 0.25) is 0 Å². The van der Waals surface area contributed by atoms with Crippen molar-refractivity contribution in [1.82, 2.24) is 10.2 Å². The number of benzene rings is 1. The van der Waals surface area contributed by atoms with E-state index in [4.69, 9.17) is 23.7 Å². The first-order chi connectivity index (χ1) is 15.2. The van der Waals surface area contributed by atoms with Crippen LogP contribution in [-0.2, 0) is 16.0 Å². The Bertz CT molecular complexity index is 720. The van der Waals surface area contributed by atoms with E-state index in [1.165, 1.54) is 12.8 Å². The Balaban J connectivity index is 0.00000363. The summed E-state index contributed by atoms with van der Waals surface area (Å²) in [6.45, 7) is 4.00. The lowest BCUT2D eigenvalue weighted by Crippen LogP contribution is -2.47. The first-order valence-electron chi connectivity index (χ1n) is 11.2. The highest BCUT2D eigenvalue weighted by Crippen LogP contribution is 2.39. The smallest absolute Gasteiger partial charge is 0.203 e. The fourth-order valence-corrected chi connectivity index (χ4v) is 4.23. The van der Waals surface area contributed by atoms with Crippen molar-refractivity contribution < 1.29 is 23.7 Å². The summed E-state index contributed by atoms with van der Waals surface area (Å²) in [6, 6.07) is 3.87. The van der Waals surface area contributed by atoms with Gasteiger partial charge in [0.05, 0.1) is 40.1 Å². The molecule has 0 saturated carbocycles. The number of hydrogen-bond acceptors (Lipinski definition) is 6. The molecule has 2 aliphatic heterocycles. The summed E-state index contributed by atoms with van der Waals surface area (Å²) in [5.41, 5.74) is 0.979. The minimum atomic E-state index is 0. The van der Waals surface area contributed by atoms with Gasteiger partial charge >= 0.3 is 0 Å². The normalized spacial score (nSPS) is 19.8. The van der Waals surface area contributed by atoms with Crippen LogP contribution in [0.15, 0.2) is 17.1 Å². The Hall–Kier alpha value is -1.46. The fraction of sp³-hybridized carbons (Fsp3) is 0.696. The van der Waals surface area contributed by atoms with Gasteiger partial charge in [-0.2, -0.15) is 0 Å². The summed E-state index contributed by atoms with van der Waals surface area (Å²) in [7, 11) is 6.69. The topological polar surface area (TPSA) is 73.8 Å². The van der Waals surface area contributed by atoms with Crippen LogP contribution in [0.1, 0.15) is 37.7 Å². The number of rotatable bonds is 8. The average Bonchev–Trinajstić information content (AvgIpc) is 2.83. The van der Waals surface area contributed by atoms with Gasteiger partial charge in [-0.25, -0.2) is 0 Å². The molecule has 0 aromatic heterocycles. The Labute approximate surface area is 209 Å². The number of hydrogen-bond donors (Lipinski definition) is 1. The highest BCUT2D eigenvalue weighted by Gasteiger charge is 2.24. The molecular formula is C23H38IN3O5. The quantitative estimate of drug-likeness (QED) is 0.295. The number of nitrogens with one attached hydrogen (secondary N) is 1. The second kappa shape index (κ2) is 13.9. The largest absolute Gasteiger partial charge is 0.493 e. The second-order valence-electron chi connectivity index (χ2n) is 7.90. The van der Waals surface area contributed by atoms with Crippen molar-refractivity contribution in [3.05, 3.63) is 17.7 Å². The molecule has 1 aromatic carbocycles. The average molecular weight is 563 g/mol. The van der Waals surface area contributed by atoms with Gasteiger partial charge in [-0.05, 0) is 44.2 Å². The van der Waals surface area contributed by atoms with Gasteiger partial charge in [0, 0.05) is 38.9 Å². The molecule has 0 spiro atoms. The lowest BCUT2D eigenvalue weighted by molar-refractivity contribution is -0.0721. The van der Waals surface area contributed by atoms with Gasteiger partial charge in [-0.3, -0.25) is 4.99 Å². The molecule has 32 heavy (non-hydrogen) atoms. The van der Waals surface area contributed by atoms with E-state index in [9.17, 15) is 0 Å². The van der Waals surface area contributed by atoms with E-state index < -0.39 is 0 Å². The van der Waals surface area contributed by atoms with Gasteiger partial charge < -0.3 is 33.9 Å². The van der Waals surface area contributed by atoms with Crippen molar-refractivity contribution in [1.29, 1.82) is 0 Å². The van der Waals surface area contributed by atoms with Crippen molar-refractivity contribution in [2.24, 2.45) is 4.99 Å². The molecule has 0 radical (unpaired) electrons. The third-order valence-corrected chi connectivity index (χ3v) is 5.97. The van der Waals surface area contributed by atoms with Crippen LogP contribution in [0.3, 0.4) is 0 Å². The number of halogens is 1. The standard InChI is InChI=1S/C23H37N3O5.HI/c1-24-23(25-15-17-8-9-20(27-2)22(29-4)21(17)28-3)26-12-10-18(11-13-26)31-16-19-7-5-6-14-30-19;/h8-9,18-19H,5-7,10-16H2,1-4H3,(H,24,25);1H. The zero-order valence-electron chi connectivity index (χ0n) is 19.7. The molecule has 1 unspecified atom stereocenters. The van der Waals surface area contributed by atoms with Crippen LogP contribution >= 0.6 is 24.0 Å². The molecule has 1 aromatic rings. The van der Waals surface area contributed by atoms with Gasteiger partial charge in [0.15, 0.2) is 17.5 Å². The van der Waals surface area contributed by atoms with E-state index in [2.05, 4.69) is 15.2 Å². The maximum atomic E-state index is 6.14. The minimum Gasteiger partial charge on any atom is -0.493 e. The Kier molecular flexibility index (Phi) is 11.7. The van der Waals surface area contributed by atoms with E-state index in [1.807, 2.05) is 19.2 Å². The summed E-state index contributed by atoms with van der Waals surface area (Å²) in [5.74, 6) is 2.79. The monoisotopic (exact) mass is 563 g/mol. The number of guanidine groups is 1. The number of piperidine rings is 1. The molecular weight excluding hydrogens is 525 g/mol. The Morgan fingerprint density at radius 3 is 2.41 bits per heavy atom. The lowest BCUT2D eigenvalue weighted by Gasteiger charge is -2.35. The van der Waals surface area contributed by atoms with Crippen molar-refractivity contribution in [3.8, 4) is 17.2 Å². The summed E-state index contributed by atoms with van der Waals surface area (Å²) < 4.78 is 28.4. The molecule has 9 heteroatoms. The zero-order chi connectivity index (χ0) is 22.1. The molecule has 8 nitrogen and oxygen atoms in total. The zero-order valence-corrected chi connectivity index (χ0v) is 22.1. The van der Waals surface area contributed by atoms with Crippen molar-refractivity contribution in [3.63, 3.8) is 0 Å². The van der Waals surface area contributed by atoms with Crippen LogP contribution in [0.25, 0.3) is 0 Å². The molecule has 182 valence electrons. The number of aliphatic imine (C=N–C) groups is 1. The molecule has 1 N–H and O–H groups in total. The summed E-state index contributed by atoms with van der Waals surface area (Å²) in [6.07, 6.45) is 6.11. The van der Waals surface area contributed by atoms with Gasteiger partial charge in [-0.1, -0.05) is 0 Å². The Morgan fingerprint density at radius 1 is 1.06 bits per heavy atom. The van der Waals surface area contributed by atoms with Gasteiger partial charge in [0.2, 0.25) is 5.75 Å². The number of likely N-dealkylation sites (tertiary alicyclic amines) is 1. The molecule has 2 aliphatic rings.